The van der Waals surface area contributed by atoms with Crippen LogP contribution < -0.4 is 15.4 Å². The van der Waals surface area contributed by atoms with Crippen LogP contribution in [0.15, 0.2) is 54.6 Å². The number of rotatable bonds is 11. The molecule has 0 radical (unpaired) electrons. The molecule has 2 rings (SSSR count). The maximum Gasteiger partial charge on any atom is 0.251 e. The summed E-state index contributed by atoms with van der Waals surface area (Å²) in [6, 6.07) is 17.2. The quantitative estimate of drug-likeness (QED) is 0.579. The first-order chi connectivity index (χ1) is 13.6. The van der Waals surface area contributed by atoms with Crippen molar-refractivity contribution in [2.75, 3.05) is 19.7 Å². The zero-order valence-corrected chi connectivity index (χ0v) is 16.7. The number of nitrogens with one attached hydrogen (secondary N) is 2. The minimum Gasteiger partial charge on any atom is -0.494 e. The Kier molecular flexibility index (Phi) is 9.05. The highest BCUT2D eigenvalue weighted by molar-refractivity contribution is 5.96. The minimum absolute atomic E-state index is 0.0344. The molecular weight excluding hydrogens is 352 g/mol. The number of carbonyl (C=O) groups is 2. The molecule has 5 nitrogen and oxygen atoms in total. The molecule has 2 aromatic rings. The number of ether oxygens (including phenoxy) is 1. The molecule has 0 saturated carbocycles. The SMILES string of the molecule is CCCCOc1ccc(C(=O)NCC(=O)NCCC(C)c2ccccc2)cc1. The Balaban J connectivity index is 1.67. The maximum atomic E-state index is 12.2. The average Bonchev–Trinajstić information content (AvgIpc) is 2.73. The van der Waals surface area contributed by atoms with Crippen molar-refractivity contribution in [1.82, 2.24) is 10.6 Å². The van der Waals surface area contributed by atoms with Crippen LogP contribution in [0.4, 0.5) is 0 Å². The first-order valence-electron chi connectivity index (χ1n) is 9.93. The van der Waals surface area contributed by atoms with Crippen molar-refractivity contribution in [2.45, 2.75) is 39.0 Å². The molecule has 2 N–H and O–H groups in total. The van der Waals surface area contributed by atoms with Crippen LogP contribution in [-0.2, 0) is 4.79 Å². The number of unbranched alkanes of at least 4 members (excludes halogenated alkanes) is 1. The number of hydrogen-bond acceptors (Lipinski definition) is 3. The number of benzene rings is 2. The zero-order valence-electron chi connectivity index (χ0n) is 16.7. The van der Waals surface area contributed by atoms with E-state index in [-0.39, 0.29) is 18.4 Å². The summed E-state index contributed by atoms with van der Waals surface area (Å²) >= 11 is 0. The Hall–Kier alpha value is -2.82. The molecule has 2 aromatic carbocycles. The molecule has 1 unspecified atom stereocenters. The van der Waals surface area contributed by atoms with Crippen molar-refractivity contribution in [3.8, 4) is 5.75 Å². The van der Waals surface area contributed by atoms with Crippen LogP contribution in [0.2, 0.25) is 0 Å². The molecule has 150 valence electrons. The predicted molar refractivity (Wildman–Crippen MR) is 112 cm³/mol. The van der Waals surface area contributed by atoms with Crippen LogP contribution in [0, 0.1) is 0 Å². The average molecular weight is 383 g/mol. The third-order valence-corrected chi connectivity index (χ3v) is 4.56. The molecular formula is C23H30N2O3. The third-order valence-electron chi connectivity index (χ3n) is 4.56. The van der Waals surface area contributed by atoms with Crippen LogP contribution >= 0.6 is 0 Å². The summed E-state index contributed by atoms with van der Waals surface area (Å²) in [6.07, 6.45) is 2.93. The van der Waals surface area contributed by atoms with Crippen LogP contribution in [0.1, 0.15) is 54.9 Å². The van der Waals surface area contributed by atoms with E-state index in [9.17, 15) is 9.59 Å². The fraction of sp³-hybridized carbons (Fsp3) is 0.391. The van der Waals surface area contributed by atoms with Gasteiger partial charge in [-0.15, -0.1) is 0 Å². The van der Waals surface area contributed by atoms with Gasteiger partial charge in [0.2, 0.25) is 5.91 Å². The van der Waals surface area contributed by atoms with E-state index >= 15 is 0 Å². The van der Waals surface area contributed by atoms with Gasteiger partial charge in [0, 0.05) is 12.1 Å². The van der Waals surface area contributed by atoms with Gasteiger partial charge in [0.15, 0.2) is 0 Å². The number of amides is 2. The van der Waals surface area contributed by atoms with Crippen molar-refractivity contribution in [3.63, 3.8) is 0 Å². The van der Waals surface area contributed by atoms with Gasteiger partial charge in [-0.2, -0.15) is 0 Å². The van der Waals surface area contributed by atoms with Gasteiger partial charge in [-0.05, 0) is 48.6 Å². The van der Waals surface area contributed by atoms with Crippen LogP contribution in [0.5, 0.6) is 5.75 Å². The Morgan fingerprint density at radius 3 is 2.39 bits per heavy atom. The van der Waals surface area contributed by atoms with Gasteiger partial charge in [0.1, 0.15) is 5.75 Å². The van der Waals surface area contributed by atoms with Crippen molar-refractivity contribution in [3.05, 3.63) is 65.7 Å². The molecule has 28 heavy (non-hydrogen) atoms. The first kappa shape index (κ1) is 21.5. The molecule has 2 amide bonds. The molecule has 0 bridgehead atoms. The minimum atomic E-state index is -0.270. The second-order valence-electron chi connectivity index (χ2n) is 6.86. The Labute approximate surface area is 167 Å². The van der Waals surface area contributed by atoms with Gasteiger partial charge in [-0.1, -0.05) is 50.6 Å². The van der Waals surface area contributed by atoms with Gasteiger partial charge in [-0.25, -0.2) is 0 Å². The van der Waals surface area contributed by atoms with E-state index in [0.717, 1.165) is 25.0 Å². The summed E-state index contributed by atoms with van der Waals surface area (Å²) in [7, 11) is 0. The predicted octanol–water partition coefficient (Wildman–Crippen LogP) is 3.91. The Morgan fingerprint density at radius 2 is 1.71 bits per heavy atom. The summed E-state index contributed by atoms with van der Waals surface area (Å²) in [5.74, 6) is 0.658. The Bertz CT molecular complexity index is 729. The number of hydrogen-bond donors (Lipinski definition) is 2. The smallest absolute Gasteiger partial charge is 0.251 e. The van der Waals surface area contributed by atoms with Crippen LogP contribution in [-0.4, -0.2) is 31.5 Å². The highest BCUT2D eigenvalue weighted by Gasteiger charge is 2.09. The molecule has 0 heterocycles. The van der Waals surface area contributed by atoms with Crippen molar-refractivity contribution >= 4 is 11.8 Å². The lowest BCUT2D eigenvalue weighted by Crippen LogP contribution is -2.37. The van der Waals surface area contributed by atoms with Crippen molar-refractivity contribution in [1.29, 1.82) is 0 Å². The first-order valence-corrected chi connectivity index (χ1v) is 9.93. The molecule has 0 aliphatic carbocycles. The van der Waals surface area contributed by atoms with Gasteiger partial charge < -0.3 is 15.4 Å². The summed E-state index contributed by atoms with van der Waals surface area (Å²) < 4.78 is 5.58. The molecule has 5 heteroatoms. The van der Waals surface area contributed by atoms with Crippen LogP contribution in [0.25, 0.3) is 0 Å². The van der Waals surface area contributed by atoms with E-state index in [2.05, 4.69) is 36.6 Å². The largest absolute Gasteiger partial charge is 0.494 e. The third kappa shape index (κ3) is 7.43. The van der Waals surface area contributed by atoms with E-state index < -0.39 is 0 Å². The number of carbonyl (C=O) groups excluding carboxylic acids is 2. The second-order valence-corrected chi connectivity index (χ2v) is 6.86. The summed E-state index contributed by atoms with van der Waals surface area (Å²) in [4.78, 5) is 24.1. The van der Waals surface area contributed by atoms with E-state index in [4.69, 9.17) is 4.74 Å². The standard InChI is InChI=1S/C23H30N2O3/c1-3-4-16-28-21-12-10-20(11-13-21)23(27)25-17-22(26)24-15-14-18(2)19-8-6-5-7-9-19/h5-13,18H,3-4,14-17H2,1-2H3,(H,24,26)(H,25,27). The molecule has 0 aromatic heterocycles. The highest BCUT2D eigenvalue weighted by Crippen LogP contribution is 2.17. The normalized spacial score (nSPS) is 11.5. The molecule has 0 fully saturated rings. The Morgan fingerprint density at radius 1 is 1.00 bits per heavy atom. The summed E-state index contributed by atoms with van der Waals surface area (Å²) in [6.45, 7) is 5.46. The van der Waals surface area contributed by atoms with Gasteiger partial charge >= 0.3 is 0 Å². The fourth-order valence-electron chi connectivity index (χ4n) is 2.74. The molecule has 1 atom stereocenters. The zero-order chi connectivity index (χ0) is 20.2. The van der Waals surface area contributed by atoms with Gasteiger partial charge in [-0.3, -0.25) is 9.59 Å². The highest BCUT2D eigenvalue weighted by atomic mass is 16.5. The summed E-state index contributed by atoms with van der Waals surface area (Å²) in [5, 5.41) is 5.50. The van der Waals surface area contributed by atoms with Gasteiger partial charge in [0.05, 0.1) is 13.2 Å². The maximum absolute atomic E-state index is 12.2. The summed E-state index contributed by atoms with van der Waals surface area (Å²) in [5.41, 5.74) is 1.76. The van der Waals surface area contributed by atoms with Gasteiger partial charge in [0.25, 0.3) is 5.91 Å². The lowest BCUT2D eigenvalue weighted by atomic mass is 9.98. The van der Waals surface area contributed by atoms with E-state index in [1.807, 2.05) is 18.2 Å². The van der Waals surface area contributed by atoms with Crippen molar-refractivity contribution < 1.29 is 14.3 Å². The van der Waals surface area contributed by atoms with Crippen LogP contribution in [0.3, 0.4) is 0 Å². The fourth-order valence-corrected chi connectivity index (χ4v) is 2.74. The van der Waals surface area contributed by atoms with E-state index in [0.29, 0.717) is 24.6 Å². The topological polar surface area (TPSA) is 67.4 Å². The monoisotopic (exact) mass is 382 g/mol. The lowest BCUT2D eigenvalue weighted by Gasteiger charge is -2.12. The van der Waals surface area contributed by atoms with E-state index in [1.165, 1.54) is 5.56 Å². The molecule has 0 spiro atoms. The second kappa shape index (κ2) is 11.8. The molecule has 0 saturated heterocycles. The molecule has 0 aliphatic heterocycles. The molecule has 0 aliphatic rings. The van der Waals surface area contributed by atoms with E-state index in [1.54, 1.807) is 24.3 Å². The lowest BCUT2D eigenvalue weighted by molar-refractivity contribution is -0.120. The van der Waals surface area contributed by atoms with Crippen molar-refractivity contribution in [2.24, 2.45) is 0 Å².